The summed E-state index contributed by atoms with van der Waals surface area (Å²) in [5.41, 5.74) is 0.409. The molecule has 0 bridgehead atoms. The Balaban J connectivity index is 2.04. The van der Waals surface area contributed by atoms with Crippen molar-refractivity contribution in [2.45, 2.75) is 12.0 Å². The third kappa shape index (κ3) is 4.48. The number of pyridine rings is 1. The van der Waals surface area contributed by atoms with Gasteiger partial charge >= 0.3 is 0 Å². The molecule has 1 aromatic heterocycles. The maximum absolute atomic E-state index is 11.4. The number of halogens is 1. The lowest BCUT2D eigenvalue weighted by atomic mass is 10.3. The first-order valence-corrected chi connectivity index (χ1v) is 6.61. The number of benzene rings is 1. The summed E-state index contributed by atoms with van der Waals surface area (Å²) in [5.74, 6) is 0.122. The number of carbonyl (C=O) groups excluding carboxylic acids is 1. The molecule has 6 heteroatoms. The number of aromatic nitrogens is 1. The number of carbonyl (C=O) groups is 1. The Hall–Kier alpha value is -2.58. The molecular formula is C15H12ClN3O2. The molecule has 0 fully saturated rings. The van der Waals surface area contributed by atoms with Gasteiger partial charge in [-0.2, -0.15) is 5.26 Å². The van der Waals surface area contributed by atoms with E-state index < -0.39 is 5.56 Å². The summed E-state index contributed by atoms with van der Waals surface area (Å²) in [6.45, 7) is 0. The summed E-state index contributed by atoms with van der Waals surface area (Å²) in [7, 11) is 0. The van der Waals surface area contributed by atoms with E-state index in [-0.39, 0.29) is 12.3 Å². The number of hydrogen-bond donors (Lipinski definition) is 1. The predicted octanol–water partition coefficient (Wildman–Crippen LogP) is 3.25. The highest BCUT2D eigenvalue weighted by Gasteiger charge is 2.11. The van der Waals surface area contributed by atoms with Crippen LogP contribution in [0.5, 0.6) is 5.75 Å². The van der Waals surface area contributed by atoms with Crippen molar-refractivity contribution in [1.29, 1.82) is 5.26 Å². The monoisotopic (exact) mass is 301 g/mol. The Kier molecular flexibility index (Phi) is 5.13. The van der Waals surface area contributed by atoms with Crippen LogP contribution in [-0.2, 0) is 4.79 Å². The zero-order valence-electron chi connectivity index (χ0n) is 11.0. The van der Waals surface area contributed by atoms with Gasteiger partial charge in [0.25, 0.3) is 0 Å². The molecule has 2 rings (SSSR count). The highest BCUT2D eigenvalue weighted by molar-refractivity contribution is 6.19. The molecule has 0 spiro atoms. The smallest absolute Gasteiger partial charge is 0.238 e. The molecule has 1 unspecified atom stereocenters. The van der Waals surface area contributed by atoms with Crippen LogP contribution in [0.25, 0.3) is 0 Å². The summed E-state index contributed by atoms with van der Waals surface area (Å²) in [6, 6.07) is 13.9. The lowest BCUT2D eigenvalue weighted by Gasteiger charge is -2.13. The van der Waals surface area contributed by atoms with Gasteiger partial charge in [-0.3, -0.25) is 9.78 Å². The average molecular weight is 302 g/mol. The quantitative estimate of drug-likeness (QED) is 0.860. The van der Waals surface area contributed by atoms with Gasteiger partial charge < -0.3 is 10.1 Å². The van der Waals surface area contributed by atoms with E-state index in [2.05, 4.69) is 10.3 Å². The van der Waals surface area contributed by atoms with Crippen LogP contribution in [0.2, 0.25) is 0 Å². The van der Waals surface area contributed by atoms with Gasteiger partial charge in [0.15, 0.2) is 0 Å². The fourth-order valence-electron chi connectivity index (χ4n) is 1.61. The van der Waals surface area contributed by atoms with Gasteiger partial charge in [0.1, 0.15) is 12.2 Å². The van der Waals surface area contributed by atoms with Gasteiger partial charge in [0.05, 0.1) is 11.8 Å². The van der Waals surface area contributed by atoms with Gasteiger partial charge in [-0.15, -0.1) is 0 Å². The normalized spacial score (nSPS) is 11.2. The number of nitrogens with one attached hydrogen (secondary N) is 1. The number of ether oxygens (including phenoxy) is 1. The third-order valence-electron chi connectivity index (χ3n) is 2.52. The molecule has 0 aliphatic rings. The molecular weight excluding hydrogens is 290 g/mol. The molecule has 1 atom stereocenters. The largest absolute Gasteiger partial charge is 0.469 e. The van der Waals surface area contributed by atoms with Crippen molar-refractivity contribution in [3.05, 3.63) is 54.4 Å². The second-order valence-corrected chi connectivity index (χ2v) is 4.50. The molecule has 0 saturated carbocycles. The third-order valence-corrected chi connectivity index (χ3v) is 2.83. The number of rotatable bonds is 5. The van der Waals surface area contributed by atoms with Crippen LogP contribution in [0, 0.1) is 11.3 Å². The van der Waals surface area contributed by atoms with E-state index >= 15 is 0 Å². The predicted molar refractivity (Wildman–Crippen MR) is 78.8 cm³/mol. The Bertz CT molecular complexity index is 655. The molecule has 0 aliphatic heterocycles. The molecule has 1 amide bonds. The van der Waals surface area contributed by atoms with Gasteiger partial charge in [0, 0.05) is 18.0 Å². The van der Waals surface area contributed by atoms with Crippen LogP contribution < -0.4 is 10.1 Å². The first kappa shape index (κ1) is 14.8. The fourth-order valence-corrected chi connectivity index (χ4v) is 1.85. The zero-order valence-corrected chi connectivity index (χ0v) is 11.7. The molecule has 0 saturated heterocycles. The van der Waals surface area contributed by atoms with E-state index in [0.717, 1.165) is 0 Å². The second-order valence-electron chi connectivity index (χ2n) is 4.10. The van der Waals surface area contributed by atoms with E-state index in [1.807, 2.05) is 6.07 Å². The van der Waals surface area contributed by atoms with Crippen LogP contribution in [-0.4, -0.2) is 10.9 Å². The van der Waals surface area contributed by atoms with E-state index in [1.54, 1.807) is 48.7 Å². The number of nitriles is 1. The van der Waals surface area contributed by atoms with Gasteiger partial charge in [-0.05, 0) is 24.3 Å². The van der Waals surface area contributed by atoms with Crippen molar-refractivity contribution in [2.75, 3.05) is 5.32 Å². The topological polar surface area (TPSA) is 75.0 Å². The number of anilines is 1. The fraction of sp³-hybridized carbons (Fsp3) is 0.133. The van der Waals surface area contributed by atoms with Crippen LogP contribution >= 0.6 is 11.6 Å². The van der Waals surface area contributed by atoms with Crippen LogP contribution in [0.3, 0.4) is 0 Å². The minimum Gasteiger partial charge on any atom is -0.469 e. The highest BCUT2D eigenvalue weighted by atomic mass is 35.5. The van der Waals surface area contributed by atoms with Gasteiger partial charge in [-0.25, -0.2) is 0 Å². The Morgan fingerprint density at radius 3 is 2.95 bits per heavy atom. The molecule has 1 N–H and O–H groups in total. The minimum absolute atomic E-state index is 0.197. The Labute approximate surface area is 127 Å². The first-order chi connectivity index (χ1) is 10.2. The van der Waals surface area contributed by atoms with Crippen LogP contribution in [0.4, 0.5) is 5.69 Å². The maximum atomic E-state index is 11.4. The van der Waals surface area contributed by atoms with Gasteiger partial charge in [0.2, 0.25) is 11.5 Å². The molecule has 106 valence electrons. The minimum atomic E-state index is -0.726. The molecule has 0 radical (unpaired) electrons. The summed E-state index contributed by atoms with van der Waals surface area (Å²) in [5, 5.41) is 11.1. The molecule has 2 aromatic rings. The summed E-state index contributed by atoms with van der Waals surface area (Å²) in [6.07, 6.45) is 1.43. The highest BCUT2D eigenvalue weighted by Crippen LogP contribution is 2.25. The lowest BCUT2D eigenvalue weighted by molar-refractivity contribution is -0.115. The number of nitrogens with zero attached hydrogens (tertiary/aromatic N) is 2. The molecule has 1 heterocycles. The summed E-state index contributed by atoms with van der Waals surface area (Å²) >= 11 is 6.13. The van der Waals surface area contributed by atoms with E-state index in [9.17, 15) is 4.79 Å². The first-order valence-electron chi connectivity index (χ1n) is 6.17. The summed E-state index contributed by atoms with van der Waals surface area (Å²) < 4.78 is 5.57. The molecule has 5 nitrogen and oxygen atoms in total. The Morgan fingerprint density at radius 2 is 2.24 bits per heavy atom. The molecule has 21 heavy (non-hydrogen) atoms. The summed E-state index contributed by atoms with van der Waals surface area (Å²) in [4.78, 5) is 15.5. The van der Waals surface area contributed by atoms with E-state index in [0.29, 0.717) is 17.1 Å². The van der Waals surface area contributed by atoms with E-state index in [4.69, 9.17) is 21.6 Å². The van der Waals surface area contributed by atoms with Crippen molar-refractivity contribution in [1.82, 2.24) is 4.98 Å². The van der Waals surface area contributed by atoms with Crippen LogP contribution in [0.1, 0.15) is 17.7 Å². The lowest BCUT2D eigenvalue weighted by Crippen LogP contribution is -2.10. The van der Waals surface area contributed by atoms with Crippen molar-refractivity contribution in [3.63, 3.8) is 0 Å². The maximum Gasteiger partial charge on any atom is 0.238 e. The Morgan fingerprint density at radius 1 is 1.38 bits per heavy atom. The standard InChI is InChI=1S/C15H12ClN3O2/c16-15(13-6-1-2-9-18-13)21-12-5-3-4-11(10-12)19-14(20)7-8-17/h1-6,9-10,15H,7H2,(H,19,20). The van der Waals surface area contributed by atoms with E-state index in [1.165, 1.54) is 0 Å². The van der Waals surface area contributed by atoms with Crippen molar-refractivity contribution in [3.8, 4) is 11.8 Å². The second kappa shape index (κ2) is 7.27. The van der Waals surface area contributed by atoms with Gasteiger partial charge in [-0.1, -0.05) is 23.7 Å². The number of alkyl halides is 1. The molecule has 0 aliphatic carbocycles. The molecule has 1 aromatic carbocycles. The van der Waals surface area contributed by atoms with Crippen molar-refractivity contribution >= 4 is 23.2 Å². The van der Waals surface area contributed by atoms with Crippen LogP contribution in [0.15, 0.2) is 48.7 Å². The average Bonchev–Trinajstić information content (AvgIpc) is 2.48. The zero-order chi connectivity index (χ0) is 15.1. The number of hydrogen-bond acceptors (Lipinski definition) is 4. The SMILES string of the molecule is N#CCC(=O)Nc1cccc(OC(Cl)c2ccccn2)c1. The number of amides is 1. The van der Waals surface area contributed by atoms with Crippen molar-refractivity contribution < 1.29 is 9.53 Å². The van der Waals surface area contributed by atoms with Crippen molar-refractivity contribution in [2.24, 2.45) is 0 Å².